The molecule has 0 amide bonds. The smallest absolute Gasteiger partial charge is 0.397 e. The molecule has 0 bridgehead atoms. The molecule has 6 rings (SSSR count). The van der Waals surface area contributed by atoms with Crippen molar-refractivity contribution in [2.75, 3.05) is 41.1 Å². The molecule has 1 aromatic heterocycles. The summed E-state index contributed by atoms with van der Waals surface area (Å²) in [6.45, 7) is -1.84. The minimum absolute atomic E-state index is 0.0234. The third-order valence-electron chi connectivity index (χ3n) is 9.32. The molecule has 35 nitrogen and oxygen atoms in total. The van der Waals surface area contributed by atoms with E-state index >= 15 is 0 Å². The lowest BCUT2D eigenvalue weighted by Crippen LogP contribution is -2.15. The molecule has 5 aromatic carbocycles. The van der Waals surface area contributed by atoms with Gasteiger partial charge in [-0.25, -0.2) is 41.0 Å². The Labute approximate surface area is 460 Å². The molecule has 79 heavy (non-hydrogen) atoms. The van der Waals surface area contributed by atoms with E-state index in [1.165, 1.54) is 42.5 Å². The molecule has 6 aromatic rings. The number of azo groups is 2. The highest BCUT2D eigenvalue weighted by Crippen LogP contribution is 2.50. The second-order valence-corrected chi connectivity index (χ2v) is 24.7. The molecule has 0 aliphatic rings. The monoisotopic (exact) mass is 1280 g/mol. The van der Waals surface area contributed by atoms with Crippen LogP contribution in [0.5, 0.6) is 5.75 Å². The van der Waals surface area contributed by atoms with Crippen molar-refractivity contribution < 1.29 is 113 Å². The fraction of sp³-hybridized carbons (Fsp3) is 0.114. The maximum absolute atomic E-state index is 12.9. The lowest BCUT2D eigenvalue weighted by Gasteiger charge is -2.14. The van der Waals surface area contributed by atoms with E-state index < -0.39 is 113 Å². The van der Waals surface area contributed by atoms with E-state index in [1.54, 1.807) is 0 Å². The molecule has 44 heteroatoms. The molecule has 1 heterocycles. The molecule has 0 fully saturated rings. The summed E-state index contributed by atoms with van der Waals surface area (Å²) in [5, 5.41) is 69.9. The normalized spacial score (nSPS) is 12.7. The van der Waals surface area contributed by atoms with Crippen LogP contribution in [0.1, 0.15) is 0 Å². The number of aromatic nitrogens is 3. The highest BCUT2D eigenvalue weighted by Gasteiger charge is 2.27. The van der Waals surface area contributed by atoms with Gasteiger partial charge in [0.25, 0.3) is 10.1 Å². The topological polar surface area (TPSA) is 524 Å². The zero-order valence-corrected chi connectivity index (χ0v) is 45.4. The lowest BCUT2D eigenvalue weighted by atomic mass is 10.1. The van der Waals surface area contributed by atoms with Crippen LogP contribution in [0.2, 0.25) is 5.28 Å². The highest BCUT2D eigenvalue weighted by molar-refractivity contribution is 7.95. The number of nitrogens with one attached hydrogen (secondary N) is 2. The number of fused-ring (bicyclic) bond motifs is 1. The van der Waals surface area contributed by atoms with Gasteiger partial charge in [0.15, 0.2) is 25.4 Å². The molecule has 0 aliphatic carbocycles. The third-order valence-corrected chi connectivity index (χ3v) is 16.6. The maximum Gasteiger partial charge on any atom is 0.397 e. The molecule has 11 N–H and O–H groups in total. The predicted octanol–water partition coefficient (Wildman–Crippen LogP) is 7.00. The fourth-order valence-corrected chi connectivity index (χ4v) is 11.4. The van der Waals surface area contributed by atoms with Crippen LogP contribution < -0.4 is 16.4 Å². The first-order chi connectivity index (χ1) is 37.1. The maximum atomic E-state index is 12.9. The first kappa shape index (κ1) is 62.5. The van der Waals surface area contributed by atoms with Gasteiger partial charge in [-0.2, -0.15) is 40.2 Å². The number of hydrogen-bond acceptors (Lipinski definition) is 35. The summed E-state index contributed by atoms with van der Waals surface area (Å²) in [4.78, 5) is 9.88. The summed E-state index contributed by atoms with van der Waals surface area (Å²) in [6, 6.07) is 13.6. The van der Waals surface area contributed by atoms with Crippen LogP contribution in [0.15, 0.2) is 123 Å². The standard InChI is InChI=1S/C35H31ClN10O25S8/c36-33-40-34(38-18-1-4-20(5-2-18)75(51,52)11-9-64-78(58,59)60)42-35(41-33)39-19-3-8-24(72-69-66-48)23(15-19)44-46-31-27(77(55,56)57)14-17-13-26(74-71-68-50)30(29(37)28(17)32(31)47)45-43-22-7-6-21(16-25(22)73-70-67-49)76(53,54)12-10-65-79(61,62)63/h1-8,13-16,47-50H,9-12,37H2,(H,55,56,57)(H,58,59,60)(H,61,62,63)(H2,38,39,40,41,42)/b45-43+,46-44+. The van der Waals surface area contributed by atoms with Crippen LogP contribution in [0.4, 0.5) is 51.7 Å². The first-order valence-electron chi connectivity index (χ1n) is 20.0. The molecular formula is C35H31ClN10O25S8. The van der Waals surface area contributed by atoms with Gasteiger partial charge in [-0.1, -0.05) is 15.1 Å². The largest absolute Gasteiger partial charge is 0.505 e. The number of phenols is 1. The predicted molar refractivity (Wildman–Crippen MR) is 270 cm³/mol. The number of sulfone groups is 2. The number of nitrogens with zero attached hydrogens (tertiary/aromatic N) is 7. The molecule has 0 aliphatic heterocycles. The van der Waals surface area contributed by atoms with Crippen molar-refractivity contribution in [3.63, 3.8) is 0 Å². The van der Waals surface area contributed by atoms with Crippen molar-refractivity contribution in [2.24, 2.45) is 20.5 Å². The van der Waals surface area contributed by atoms with E-state index in [0.29, 0.717) is 12.0 Å². The minimum atomic E-state index is -5.33. The van der Waals surface area contributed by atoms with Crippen LogP contribution in [0.3, 0.4) is 0 Å². The minimum Gasteiger partial charge on any atom is -0.505 e. The average molecular weight is 1280 g/mol. The Morgan fingerprint density at radius 1 is 0.570 bits per heavy atom. The molecule has 0 radical (unpaired) electrons. The Morgan fingerprint density at radius 3 is 1.65 bits per heavy atom. The van der Waals surface area contributed by atoms with Gasteiger partial charge in [0.2, 0.25) is 17.2 Å². The Hall–Kier alpha value is -5.70. The van der Waals surface area contributed by atoms with Gasteiger partial charge in [-0.15, -0.1) is 33.5 Å². The average Bonchev–Trinajstić information content (AvgIpc) is 3.53. The lowest BCUT2D eigenvalue weighted by molar-refractivity contribution is -0.432. The number of nitrogens with two attached hydrogens (primary N) is 1. The van der Waals surface area contributed by atoms with E-state index in [4.69, 9.17) is 42.2 Å². The Morgan fingerprint density at radius 2 is 1.08 bits per heavy atom. The van der Waals surface area contributed by atoms with Crippen molar-refractivity contribution >= 4 is 161 Å². The number of anilines is 5. The summed E-state index contributed by atoms with van der Waals surface area (Å²) in [5.41, 5.74) is 4.37. The van der Waals surface area contributed by atoms with Gasteiger partial charge in [-0.3, -0.25) is 13.7 Å². The first-order valence-corrected chi connectivity index (χ1v) is 30.1. The van der Waals surface area contributed by atoms with E-state index in [-0.39, 0.29) is 89.0 Å². The van der Waals surface area contributed by atoms with Crippen molar-refractivity contribution in [3.8, 4) is 5.75 Å². The molecule has 0 saturated heterocycles. The summed E-state index contributed by atoms with van der Waals surface area (Å²) in [7, 11) is -23.6. The third kappa shape index (κ3) is 17.6. The van der Waals surface area contributed by atoms with Gasteiger partial charge in [0, 0.05) is 11.4 Å². The van der Waals surface area contributed by atoms with Crippen molar-refractivity contribution in [3.05, 3.63) is 78.1 Å². The second kappa shape index (κ2) is 26.7. The number of rotatable bonds is 28. The molecule has 0 saturated carbocycles. The van der Waals surface area contributed by atoms with Gasteiger partial charge >= 0.3 is 20.8 Å². The SMILES string of the molecule is Nc1c(/N=N/c2ccc(S(=O)(=O)CCOS(=O)(=O)O)cc2SOOO)c(SOOO)cc2cc(S(=O)(=O)O)c(/N=N/c3cc(Nc4nc(Cl)nc(Nc5ccc(S(=O)(=O)CCOS(=O)(=O)O)cc5)n4)ccc3SOOO)c(O)c12. The quantitative estimate of drug-likeness (QED) is 0.00590. The highest BCUT2D eigenvalue weighted by atomic mass is 35.5. The van der Waals surface area contributed by atoms with Crippen molar-refractivity contribution in [1.82, 2.24) is 15.0 Å². The molecule has 0 atom stereocenters. The fourth-order valence-electron chi connectivity index (χ4n) is 6.11. The van der Waals surface area contributed by atoms with Gasteiger partial charge in [0.05, 0.1) is 96.4 Å². The van der Waals surface area contributed by atoms with Crippen LogP contribution in [-0.4, -0.2) is 116 Å². The van der Waals surface area contributed by atoms with Gasteiger partial charge in [-0.05, 0) is 89.8 Å². The second-order valence-electron chi connectivity index (χ2n) is 14.3. The summed E-state index contributed by atoms with van der Waals surface area (Å²) in [5.74, 6) is -3.23. The van der Waals surface area contributed by atoms with Crippen molar-refractivity contribution in [1.29, 1.82) is 0 Å². The number of halogens is 1. The number of hydrogen-bond donors (Lipinski definition) is 10. The van der Waals surface area contributed by atoms with E-state index in [2.05, 4.69) is 82.5 Å². The number of nitrogen functional groups attached to an aromatic ring is 1. The van der Waals surface area contributed by atoms with Crippen LogP contribution in [-0.2, 0) is 87.1 Å². The number of aromatic hydroxyl groups is 1. The van der Waals surface area contributed by atoms with E-state index in [1.807, 2.05) is 0 Å². The van der Waals surface area contributed by atoms with Crippen molar-refractivity contribution in [2.45, 2.75) is 29.4 Å². The zero-order valence-electron chi connectivity index (χ0n) is 38.1. The molecular weight excluding hydrogens is 1250 g/mol. The molecule has 426 valence electrons. The van der Waals surface area contributed by atoms with Crippen LogP contribution >= 0.6 is 47.7 Å². The Kier molecular flexibility index (Phi) is 21.1. The summed E-state index contributed by atoms with van der Waals surface area (Å²) >= 11 is 6.91. The Balaban J connectivity index is 1.36. The van der Waals surface area contributed by atoms with Crippen LogP contribution in [0, 0.1) is 0 Å². The Bertz CT molecular complexity index is 3890. The van der Waals surface area contributed by atoms with Gasteiger partial charge < -0.3 is 21.5 Å². The van der Waals surface area contributed by atoms with E-state index in [0.717, 1.165) is 30.3 Å². The van der Waals surface area contributed by atoms with Gasteiger partial charge in [0.1, 0.15) is 27.6 Å². The summed E-state index contributed by atoms with van der Waals surface area (Å²) in [6.07, 6.45) is 0. The summed E-state index contributed by atoms with van der Waals surface area (Å²) < 4.78 is 170. The molecule has 0 spiro atoms. The number of phenolic OH excluding ortho intramolecular Hbond substituents is 1. The van der Waals surface area contributed by atoms with Crippen LogP contribution in [0.25, 0.3) is 10.8 Å². The molecule has 0 unspecified atom stereocenters. The van der Waals surface area contributed by atoms with E-state index in [9.17, 15) is 51.7 Å². The zero-order chi connectivity index (χ0) is 57.9. The number of benzene rings is 5.